The third-order valence-electron chi connectivity index (χ3n) is 2.75. The number of nitro groups is 1. The Morgan fingerprint density at radius 3 is 2.95 bits per heavy atom. The minimum atomic E-state index is -0.894. The van der Waals surface area contributed by atoms with Gasteiger partial charge in [-0.15, -0.1) is 11.3 Å². The molecule has 0 aliphatic carbocycles. The Morgan fingerprint density at radius 1 is 1.67 bits per heavy atom. The van der Waals surface area contributed by atoms with Crippen LogP contribution in [0.3, 0.4) is 0 Å². The second-order valence-corrected chi connectivity index (χ2v) is 5.21. The second kappa shape index (κ2) is 6.23. The Hall–Kier alpha value is -2.60. The number of thiazole rings is 1. The SMILES string of the molecule is Cc1csc(C(C#N)C(=O)CCn2cc([N+](=O)[O-])cn2)n1. The minimum Gasteiger partial charge on any atom is -0.298 e. The lowest BCUT2D eigenvalue weighted by molar-refractivity contribution is -0.385. The molecule has 1 atom stereocenters. The molecule has 0 N–H and O–H groups in total. The van der Waals surface area contributed by atoms with Crippen LogP contribution in [0, 0.1) is 28.4 Å². The van der Waals surface area contributed by atoms with Crippen molar-refractivity contribution >= 4 is 22.8 Å². The van der Waals surface area contributed by atoms with Crippen LogP contribution in [-0.4, -0.2) is 25.5 Å². The van der Waals surface area contributed by atoms with E-state index in [4.69, 9.17) is 5.26 Å². The number of nitrogens with zero attached hydrogens (tertiary/aromatic N) is 5. The van der Waals surface area contributed by atoms with Crippen molar-refractivity contribution in [1.82, 2.24) is 14.8 Å². The Kier molecular flexibility index (Phi) is 4.39. The average molecular weight is 305 g/mol. The number of carbonyl (C=O) groups is 1. The van der Waals surface area contributed by atoms with Gasteiger partial charge < -0.3 is 0 Å². The quantitative estimate of drug-likeness (QED) is 0.594. The zero-order valence-electron chi connectivity index (χ0n) is 11.1. The molecule has 0 aliphatic heterocycles. The Labute approximate surface area is 123 Å². The molecule has 0 saturated heterocycles. The number of aryl methyl sites for hydroxylation is 2. The molecule has 1 unspecified atom stereocenters. The molecule has 8 nitrogen and oxygen atoms in total. The van der Waals surface area contributed by atoms with Crippen molar-refractivity contribution in [2.24, 2.45) is 0 Å². The average Bonchev–Trinajstić information content (AvgIpc) is 3.06. The van der Waals surface area contributed by atoms with Crippen LogP contribution in [-0.2, 0) is 11.3 Å². The molecule has 0 fully saturated rings. The zero-order valence-corrected chi connectivity index (χ0v) is 11.9. The summed E-state index contributed by atoms with van der Waals surface area (Å²) in [5, 5.41) is 25.7. The number of carbonyl (C=O) groups excluding carboxylic acids is 1. The summed E-state index contributed by atoms with van der Waals surface area (Å²) in [5.41, 5.74) is 0.639. The highest BCUT2D eigenvalue weighted by atomic mass is 32.1. The van der Waals surface area contributed by atoms with E-state index in [-0.39, 0.29) is 24.4 Å². The summed E-state index contributed by atoms with van der Waals surface area (Å²) in [5.74, 6) is -1.17. The molecule has 0 aromatic carbocycles. The second-order valence-electron chi connectivity index (χ2n) is 4.32. The molecule has 0 saturated carbocycles. The van der Waals surface area contributed by atoms with Crippen molar-refractivity contribution in [3.8, 4) is 6.07 Å². The van der Waals surface area contributed by atoms with Gasteiger partial charge in [-0.25, -0.2) is 4.98 Å². The van der Waals surface area contributed by atoms with E-state index in [1.807, 2.05) is 6.07 Å². The third kappa shape index (κ3) is 3.49. The molecular formula is C12H11N5O3S. The first-order valence-corrected chi connectivity index (χ1v) is 6.90. The molecule has 2 aromatic rings. The molecule has 2 rings (SSSR count). The summed E-state index contributed by atoms with van der Waals surface area (Å²) in [6.45, 7) is 1.98. The molecule has 9 heteroatoms. The zero-order chi connectivity index (χ0) is 15.4. The first kappa shape index (κ1) is 14.8. The minimum absolute atomic E-state index is 0.0652. The van der Waals surface area contributed by atoms with Crippen molar-refractivity contribution in [3.63, 3.8) is 0 Å². The van der Waals surface area contributed by atoms with E-state index >= 15 is 0 Å². The highest BCUT2D eigenvalue weighted by molar-refractivity contribution is 7.09. The van der Waals surface area contributed by atoms with Gasteiger partial charge in [0, 0.05) is 24.0 Å². The summed E-state index contributed by atoms with van der Waals surface area (Å²) >= 11 is 1.27. The molecule has 0 spiro atoms. The number of nitriles is 1. The number of rotatable bonds is 6. The Balaban J connectivity index is 2.00. The summed E-state index contributed by atoms with van der Waals surface area (Å²) in [6, 6.07) is 1.95. The van der Waals surface area contributed by atoms with Crippen LogP contribution in [0.25, 0.3) is 0 Å². The summed E-state index contributed by atoms with van der Waals surface area (Å²) in [4.78, 5) is 26.2. The molecule has 0 radical (unpaired) electrons. The van der Waals surface area contributed by atoms with Gasteiger partial charge in [0.15, 0.2) is 11.7 Å². The Morgan fingerprint density at radius 2 is 2.43 bits per heavy atom. The van der Waals surface area contributed by atoms with Gasteiger partial charge in [0.2, 0.25) is 0 Å². The molecular weight excluding hydrogens is 294 g/mol. The summed E-state index contributed by atoms with van der Waals surface area (Å²) < 4.78 is 1.32. The van der Waals surface area contributed by atoms with E-state index in [0.29, 0.717) is 5.01 Å². The molecule has 2 aromatic heterocycles. The van der Waals surface area contributed by atoms with Crippen LogP contribution in [0.2, 0.25) is 0 Å². The van der Waals surface area contributed by atoms with E-state index in [1.54, 1.807) is 12.3 Å². The van der Waals surface area contributed by atoms with Crippen LogP contribution < -0.4 is 0 Å². The lowest BCUT2D eigenvalue weighted by Gasteiger charge is -2.05. The van der Waals surface area contributed by atoms with Crippen LogP contribution >= 0.6 is 11.3 Å². The molecule has 0 amide bonds. The summed E-state index contributed by atoms with van der Waals surface area (Å²) in [6.07, 6.45) is 2.44. The normalized spacial score (nSPS) is 11.8. The Bertz CT molecular complexity index is 715. The first-order valence-electron chi connectivity index (χ1n) is 6.02. The van der Waals surface area contributed by atoms with Crippen LogP contribution in [0.5, 0.6) is 0 Å². The van der Waals surface area contributed by atoms with Gasteiger partial charge >= 0.3 is 5.69 Å². The largest absolute Gasteiger partial charge is 0.306 e. The monoisotopic (exact) mass is 305 g/mol. The predicted octanol–water partition coefficient (Wildman–Crippen LogP) is 1.82. The van der Waals surface area contributed by atoms with E-state index in [0.717, 1.165) is 11.9 Å². The number of ketones is 1. The van der Waals surface area contributed by atoms with Gasteiger partial charge in [-0.05, 0) is 6.92 Å². The van der Waals surface area contributed by atoms with Crippen LogP contribution in [0.4, 0.5) is 5.69 Å². The fourth-order valence-electron chi connectivity index (χ4n) is 1.71. The van der Waals surface area contributed by atoms with Gasteiger partial charge in [0.1, 0.15) is 17.4 Å². The maximum atomic E-state index is 12.1. The summed E-state index contributed by atoms with van der Waals surface area (Å²) in [7, 11) is 0. The molecule has 2 heterocycles. The van der Waals surface area contributed by atoms with Crippen molar-refractivity contribution < 1.29 is 9.72 Å². The van der Waals surface area contributed by atoms with Gasteiger partial charge in [-0.1, -0.05) is 0 Å². The highest BCUT2D eigenvalue weighted by Gasteiger charge is 2.23. The molecule has 21 heavy (non-hydrogen) atoms. The molecule has 108 valence electrons. The van der Waals surface area contributed by atoms with Gasteiger partial charge in [0.05, 0.1) is 11.0 Å². The first-order chi connectivity index (χ1) is 10.0. The molecule has 0 aliphatic rings. The standard InChI is InChI=1S/C12H11N5O3S/c1-8-7-21-12(15-8)10(4-13)11(18)2-3-16-6-9(5-14-16)17(19)20/h5-7,10H,2-3H2,1H3. The van der Waals surface area contributed by atoms with E-state index in [1.165, 1.54) is 22.2 Å². The van der Waals surface area contributed by atoms with Crippen molar-refractivity contribution in [2.45, 2.75) is 25.8 Å². The topological polar surface area (TPSA) is 115 Å². The number of hydrogen-bond acceptors (Lipinski definition) is 7. The van der Waals surface area contributed by atoms with E-state index < -0.39 is 10.8 Å². The smallest absolute Gasteiger partial charge is 0.298 e. The van der Waals surface area contributed by atoms with E-state index in [9.17, 15) is 14.9 Å². The maximum absolute atomic E-state index is 12.1. The van der Waals surface area contributed by atoms with Crippen molar-refractivity contribution in [2.75, 3.05) is 0 Å². The van der Waals surface area contributed by atoms with Crippen LogP contribution in [0.1, 0.15) is 23.0 Å². The maximum Gasteiger partial charge on any atom is 0.306 e. The third-order valence-corrected chi connectivity index (χ3v) is 3.78. The number of aromatic nitrogens is 3. The van der Waals surface area contributed by atoms with Gasteiger partial charge in [0.25, 0.3) is 0 Å². The highest BCUT2D eigenvalue weighted by Crippen LogP contribution is 2.22. The fourth-order valence-corrected chi connectivity index (χ4v) is 2.57. The lowest BCUT2D eigenvalue weighted by atomic mass is 10.0. The lowest BCUT2D eigenvalue weighted by Crippen LogP contribution is -2.14. The predicted molar refractivity (Wildman–Crippen MR) is 73.7 cm³/mol. The number of Topliss-reactive ketones (excluding diaryl/α,β-unsaturated/α-hetero) is 1. The van der Waals surface area contributed by atoms with E-state index in [2.05, 4.69) is 10.1 Å². The molecule has 0 bridgehead atoms. The van der Waals surface area contributed by atoms with Gasteiger partial charge in [-0.2, -0.15) is 10.4 Å². The number of hydrogen-bond donors (Lipinski definition) is 0. The van der Waals surface area contributed by atoms with Crippen LogP contribution in [0.15, 0.2) is 17.8 Å². The van der Waals surface area contributed by atoms with Crippen molar-refractivity contribution in [3.05, 3.63) is 38.6 Å². The van der Waals surface area contributed by atoms with Gasteiger partial charge in [-0.3, -0.25) is 19.6 Å². The van der Waals surface area contributed by atoms with Crippen molar-refractivity contribution in [1.29, 1.82) is 5.26 Å². The fraction of sp³-hybridized carbons (Fsp3) is 0.333.